The van der Waals surface area contributed by atoms with Gasteiger partial charge in [-0.15, -0.1) is 17.5 Å². The van der Waals surface area contributed by atoms with Crippen LogP contribution in [0.5, 0.6) is 0 Å². The Morgan fingerprint density at radius 2 is 2.04 bits per heavy atom. The molecule has 10 heteroatoms. The summed E-state index contributed by atoms with van der Waals surface area (Å²) in [4.78, 5) is 22.0. The van der Waals surface area contributed by atoms with E-state index in [9.17, 15) is 4.79 Å². The average molecular weight is 432 g/mol. The smallest absolute Gasteiger partial charge is 0.273 e. The van der Waals surface area contributed by atoms with Gasteiger partial charge in [-0.25, -0.2) is 4.98 Å². The molecule has 0 spiro atoms. The van der Waals surface area contributed by atoms with Crippen LogP contribution in [0.2, 0.25) is 5.02 Å². The van der Waals surface area contributed by atoms with Crippen LogP contribution in [-0.2, 0) is 0 Å². The lowest BCUT2D eigenvalue weighted by molar-refractivity contribution is 0.0989. The van der Waals surface area contributed by atoms with E-state index in [1.54, 1.807) is 11.8 Å². The van der Waals surface area contributed by atoms with Gasteiger partial charge in [0.05, 0.1) is 15.9 Å². The van der Waals surface area contributed by atoms with E-state index in [1.165, 1.54) is 11.3 Å². The van der Waals surface area contributed by atoms with Gasteiger partial charge in [-0.05, 0) is 63.7 Å². The summed E-state index contributed by atoms with van der Waals surface area (Å²) in [7, 11) is 4.03. The Bertz CT molecular complexity index is 896. The molecule has 1 aromatic carbocycles. The second-order valence-corrected chi connectivity index (χ2v) is 8.11. The highest BCUT2D eigenvalue weighted by molar-refractivity contribution is 7.22. The van der Waals surface area contributed by atoms with Gasteiger partial charge in [-0.2, -0.15) is 0 Å². The van der Waals surface area contributed by atoms with Crippen molar-refractivity contribution in [3.05, 3.63) is 33.8 Å². The molecule has 140 valence electrons. The third kappa shape index (κ3) is 4.69. The first-order chi connectivity index (χ1) is 12.0. The van der Waals surface area contributed by atoms with Crippen molar-refractivity contribution >= 4 is 68.1 Å². The molecule has 0 N–H and O–H groups in total. The van der Waals surface area contributed by atoms with Crippen molar-refractivity contribution in [2.45, 2.75) is 13.3 Å². The van der Waals surface area contributed by atoms with Crippen molar-refractivity contribution in [1.29, 1.82) is 0 Å². The van der Waals surface area contributed by atoms with Gasteiger partial charge in [0.1, 0.15) is 4.88 Å². The van der Waals surface area contributed by atoms with E-state index in [2.05, 4.69) is 19.5 Å². The number of aromatic nitrogens is 3. The van der Waals surface area contributed by atoms with Gasteiger partial charge in [0.25, 0.3) is 5.91 Å². The first-order valence-electron chi connectivity index (χ1n) is 7.77. The van der Waals surface area contributed by atoms with E-state index < -0.39 is 0 Å². The number of anilines is 1. The third-order valence-corrected chi connectivity index (χ3v) is 5.74. The predicted octanol–water partition coefficient (Wildman–Crippen LogP) is 4.13. The molecule has 0 saturated carbocycles. The van der Waals surface area contributed by atoms with Gasteiger partial charge in [-0.3, -0.25) is 9.69 Å². The highest BCUT2D eigenvalue weighted by Crippen LogP contribution is 2.32. The minimum absolute atomic E-state index is 0. The Hall–Kier alpha value is -1.32. The summed E-state index contributed by atoms with van der Waals surface area (Å²) in [5, 5.41) is 5.29. The number of thiazole rings is 1. The number of rotatable bonds is 6. The van der Waals surface area contributed by atoms with Gasteiger partial charge in [0.2, 0.25) is 0 Å². The Morgan fingerprint density at radius 1 is 1.27 bits per heavy atom. The Labute approximate surface area is 171 Å². The van der Waals surface area contributed by atoms with Gasteiger partial charge < -0.3 is 4.90 Å². The summed E-state index contributed by atoms with van der Waals surface area (Å²) in [5.74, 6) is -0.101. The zero-order valence-electron chi connectivity index (χ0n) is 14.6. The molecule has 0 aliphatic heterocycles. The first-order valence-corrected chi connectivity index (χ1v) is 9.74. The van der Waals surface area contributed by atoms with E-state index in [0.29, 0.717) is 27.3 Å². The van der Waals surface area contributed by atoms with Crippen molar-refractivity contribution in [1.82, 2.24) is 19.5 Å². The molecular weight excluding hydrogens is 413 g/mol. The summed E-state index contributed by atoms with van der Waals surface area (Å²) in [6.45, 7) is 3.27. The maximum Gasteiger partial charge on any atom is 0.273 e. The Balaban J connectivity index is 0.00000243. The molecule has 3 aromatic rings. The number of amides is 1. The molecule has 0 unspecified atom stereocenters. The minimum atomic E-state index is -0.101. The molecule has 2 aromatic heterocycles. The van der Waals surface area contributed by atoms with Crippen molar-refractivity contribution < 1.29 is 4.79 Å². The lowest BCUT2D eigenvalue weighted by Gasteiger charge is -2.20. The lowest BCUT2D eigenvalue weighted by Crippen LogP contribution is -2.33. The minimum Gasteiger partial charge on any atom is -0.309 e. The SMILES string of the molecule is Cc1nnsc1C(=O)N(CCCN(C)C)c1nc2ccc(Cl)cc2s1.Cl. The van der Waals surface area contributed by atoms with Crippen molar-refractivity contribution in [2.75, 3.05) is 32.1 Å². The van der Waals surface area contributed by atoms with Crippen LogP contribution >= 0.6 is 46.9 Å². The van der Waals surface area contributed by atoms with E-state index >= 15 is 0 Å². The molecule has 0 atom stereocenters. The van der Waals surface area contributed by atoms with E-state index in [1.807, 2.05) is 32.3 Å². The molecule has 0 fully saturated rings. The molecule has 1 amide bonds. The second kappa shape index (κ2) is 9.05. The number of hydrogen-bond acceptors (Lipinski definition) is 7. The topological polar surface area (TPSA) is 62.2 Å². The zero-order chi connectivity index (χ0) is 18.0. The van der Waals surface area contributed by atoms with Crippen LogP contribution in [0.25, 0.3) is 10.2 Å². The van der Waals surface area contributed by atoms with Crippen molar-refractivity contribution in [2.24, 2.45) is 0 Å². The number of carbonyl (C=O) groups is 1. The molecule has 3 rings (SSSR count). The van der Waals surface area contributed by atoms with E-state index in [-0.39, 0.29) is 18.3 Å². The fourth-order valence-corrected chi connectivity index (χ4v) is 4.25. The average Bonchev–Trinajstić information content (AvgIpc) is 3.16. The normalized spacial score (nSPS) is 11.0. The third-order valence-electron chi connectivity index (χ3n) is 3.65. The monoisotopic (exact) mass is 431 g/mol. The van der Waals surface area contributed by atoms with Crippen molar-refractivity contribution in [3.63, 3.8) is 0 Å². The van der Waals surface area contributed by atoms with Crippen LogP contribution < -0.4 is 4.90 Å². The van der Waals surface area contributed by atoms with E-state index in [4.69, 9.17) is 11.6 Å². The molecule has 2 heterocycles. The van der Waals surface area contributed by atoms with Crippen LogP contribution in [0.4, 0.5) is 5.13 Å². The van der Waals surface area contributed by atoms with Crippen LogP contribution in [0.3, 0.4) is 0 Å². The zero-order valence-corrected chi connectivity index (χ0v) is 17.8. The Morgan fingerprint density at radius 3 is 2.69 bits per heavy atom. The van der Waals surface area contributed by atoms with Gasteiger partial charge in [0, 0.05) is 11.6 Å². The highest BCUT2D eigenvalue weighted by Gasteiger charge is 2.24. The quantitative estimate of drug-likeness (QED) is 0.586. The summed E-state index contributed by atoms with van der Waals surface area (Å²) in [5.41, 5.74) is 1.49. The molecule has 6 nitrogen and oxygen atoms in total. The summed E-state index contributed by atoms with van der Waals surface area (Å²) in [6, 6.07) is 5.56. The molecule has 0 saturated heterocycles. The summed E-state index contributed by atoms with van der Waals surface area (Å²) < 4.78 is 4.85. The van der Waals surface area contributed by atoms with Gasteiger partial charge in [0.15, 0.2) is 5.13 Å². The molecule has 0 radical (unpaired) electrons. The number of halogens is 2. The molecule has 0 aliphatic carbocycles. The number of nitrogens with zero attached hydrogens (tertiary/aromatic N) is 5. The largest absolute Gasteiger partial charge is 0.309 e. The summed E-state index contributed by atoms with van der Waals surface area (Å²) >= 11 is 8.66. The van der Waals surface area contributed by atoms with Crippen LogP contribution in [0.15, 0.2) is 18.2 Å². The highest BCUT2D eigenvalue weighted by atomic mass is 35.5. The van der Waals surface area contributed by atoms with Crippen molar-refractivity contribution in [3.8, 4) is 0 Å². The Kier molecular flexibility index (Phi) is 7.31. The van der Waals surface area contributed by atoms with E-state index in [0.717, 1.165) is 34.7 Å². The predicted molar refractivity (Wildman–Crippen MR) is 111 cm³/mol. The van der Waals surface area contributed by atoms with Crippen LogP contribution in [-0.4, -0.2) is 52.6 Å². The van der Waals surface area contributed by atoms with Gasteiger partial charge >= 0.3 is 0 Å². The van der Waals surface area contributed by atoms with Gasteiger partial charge in [-0.1, -0.05) is 27.4 Å². The first kappa shape index (κ1) is 21.0. The molecule has 0 aliphatic rings. The standard InChI is InChI=1S/C16H18ClN5OS2.ClH/c1-10-14(25-20-19-10)15(23)22(8-4-7-21(2)3)16-18-12-6-5-11(17)9-13(12)24-16;/h5-6,9H,4,7-8H2,1-3H3;1H. The molecule has 26 heavy (non-hydrogen) atoms. The molecular formula is C16H19Cl2N5OS2. The fourth-order valence-electron chi connectivity index (χ4n) is 2.38. The maximum atomic E-state index is 13.0. The maximum absolute atomic E-state index is 13.0. The molecule has 0 bridgehead atoms. The summed E-state index contributed by atoms with van der Waals surface area (Å²) in [6.07, 6.45) is 0.848. The lowest BCUT2D eigenvalue weighted by atomic mass is 10.3. The number of aryl methyl sites for hydroxylation is 1. The van der Waals surface area contributed by atoms with Crippen LogP contribution in [0.1, 0.15) is 21.8 Å². The second-order valence-electron chi connectivity index (χ2n) is 5.91. The van der Waals surface area contributed by atoms with Crippen LogP contribution in [0, 0.1) is 6.92 Å². The number of benzene rings is 1. The number of hydrogen-bond donors (Lipinski definition) is 0. The number of carbonyl (C=O) groups excluding carboxylic acids is 1. The fraction of sp³-hybridized carbons (Fsp3) is 0.375. The number of fused-ring (bicyclic) bond motifs is 1.